The van der Waals surface area contributed by atoms with E-state index in [2.05, 4.69) is 0 Å². The Morgan fingerprint density at radius 3 is 2.57 bits per heavy atom. The zero-order chi connectivity index (χ0) is 13.8. The van der Waals surface area contributed by atoms with E-state index in [1.807, 2.05) is 30.3 Å². The fourth-order valence-corrected chi connectivity index (χ4v) is 1.33. The van der Waals surface area contributed by atoms with Crippen LogP contribution in [0.3, 0.4) is 0 Å². The minimum atomic E-state index is -2.32. The molecular formula is C12H19NO. The molecule has 0 bridgehead atoms. The molecule has 0 radical (unpaired) electrons. The number of nitrogens with zero attached hydrogens (tertiary/aromatic N) is 1. The average Bonchev–Trinajstić information content (AvgIpc) is 2.13. The van der Waals surface area contributed by atoms with E-state index in [1.165, 1.54) is 6.92 Å². The van der Waals surface area contributed by atoms with E-state index in [1.54, 1.807) is 4.90 Å². The zero-order valence-corrected chi connectivity index (χ0v) is 8.40. The normalized spacial score (nSPS) is 17.1. The molecule has 1 aromatic carbocycles. The van der Waals surface area contributed by atoms with Crippen LogP contribution >= 0.6 is 0 Å². The Labute approximate surface area is 91.8 Å². The summed E-state index contributed by atoms with van der Waals surface area (Å²) in [5, 5.41) is 9.23. The van der Waals surface area contributed by atoms with Gasteiger partial charge in [-0.3, -0.25) is 4.90 Å². The van der Waals surface area contributed by atoms with Crippen LogP contribution in [0.1, 0.15) is 24.3 Å². The summed E-state index contributed by atoms with van der Waals surface area (Å²) in [6.07, 6.45) is -1.43. The Hall–Kier alpha value is -0.860. The van der Waals surface area contributed by atoms with Crippen molar-refractivity contribution in [3.63, 3.8) is 0 Å². The van der Waals surface area contributed by atoms with Crippen LogP contribution in [0.2, 0.25) is 0 Å². The van der Waals surface area contributed by atoms with Crippen molar-refractivity contribution >= 4 is 0 Å². The van der Waals surface area contributed by atoms with Crippen molar-refractivity contribution in [3.8, 4) is 0 Å². The van der Waals surface area contributed by atoms with Crippen LogP contribution in [0.15, 0.2) is 30.3 Å². The standard InChI is InChI=1S/C12H19NO/c1-2-8-13(9-10-14)11-12-6-4-3-5-7-12/h3-7,14H,2,8-11H2,1H3/i2D2,10D2. The summed E-state index contributed by atoms with van der Waals surface area (Å²) in [6, 6.07) is 9.43. The van der Waals surface area contributed by atoms with E-state index in [-0.39, 0.29) is 13.1 Å². The highest BCUT2D eigenvalue weighted by atomic mass is 16.3. The van der Waals surface area contributed by atoms with E-state index in [0.717, 1.165) is 5.56 Å². The van der Waals surface area contributed by atoms with Crippen molar-refractivity contribution in [1.29, 1.82) is 0 Å². The van der Waals surface area contributed by atoms with Gasteiger partial charge in [0, 0.05) is 15.8 Å². The van der Waals surface area contributed by atoms with Gasteiger partial charge in [-0.25, -0.2) is 0 Å². The molecule has 1 rings (SSSR count). The molecule has 1 N–H and O–H groups in total. The molecule has 0 aromatic heterocycles. The van der Waals surface area contributed by atoms with Crippen LogP contribution in [-0.4, -0.2) is 29.7 Å². The molecule has 0 aliphatic heterocycles. The van der Waals surface area contributed by atoms with Gasteiger partial charge in [-0.1, -0.05) is 37.3 Å². The zero-order valence-electron chi connectivity index (χ0n) is 12.4. The molecule has 78 valence electrons. The third kappa shape index (κ3) is 3.90. The minimum Gasteiger partial charge on any atom is -0.395 e. The molecule has 0 heterocycles. The van der Waals surface area contributed by atoms with Crippen molar-refractivity contribution in [1.82, 2.24) is 4.90 Å². The van der Waals surface area contributed by atoms with Crippen molar-refractivity contribution in [2.24, 2.45) is 0 Å². The maximum atomic E-state index is 9.23. The first-order valence-electron chi connectivity index (χ1n) is 6.64. The lowest BCUT2D eigenvalue weighted by atomic mass is 10.2. The molecule has 0 aliphatic rings. The maximum absolute atomic E-state index is 9.23. The molecule has 0 aliphatic carbocycles. The van der Waals surface area contributed by atoms with Crippen LogP contribution in [0.4, 0.5) is 0 Å². The van der Waals surface area contributed by atoms with Crippen LogP contribution < -0.4 is 0 Å². The fraction of sp³-hybridized carbons (Fsp3) is 0.500. The SMILES string of the molecule is [2H]C([2H])(C)CN(Cc1ccccc1)CC([2H])([2H])O. The molecule has 0 saturated heterocycles. The molecule has 0 amide bonds. The molecule has 0 spiro atoms. The van der Waals surface area contributed by atoms with Gasteiger partial charge in [-0.05, 0) is 18.5 Å². The van der Waals surface area contributed by atoms with E-state index in [0.29, 0.717) is 6.54 Å². The molecule has 14 heavy (non-hydrogen) atoms. The molecule has 0 saturated carbocycles. The third-order valence-corrected chi connectivity index (χ3v) is 1.93. The third-order valence-electron chi connectivity index (χ3n) is 1.93. The monoisotopic (exact) mass is 197 g/mol. The topological polar surface area (TPSA) is 23.5 Å². The Morgan fingerprint density at radius 1 is 1.29 bits per heavy atom. The Bertz CT molecular complexity index is 343. The smallest absolute Gasteiger partial charge is 0.0577 e. The molecule has 2 nitrogen and oxygen atoms in total. The van der Waals surface area contributed by atoms with E-state index < -0.39 is 12.9 Å². The van der Waals surface area contributed by atoms with Crippen LogP contribution in [0, 0.1) is 0 Å². The summed E-state index contributed by atoms with van der Waals surface area (Å²) in [7, 11) is 0. The lowest BCUT2D eigenvalue weighted by molar-refractivity contribution is 0.190. The number of hydrogen-bond acceptors (Lipinski definition) is 2. The van der Waals surface area contributed by atoms with Crippen LogP contribution in [0.25, 0.3) is 0 Å². The number of benzene rings is 1. The highest BCUT2D eigenvalue weighted by Gasteiger charge is 2.02. The second kappa shape index (κ2) is 6.57. The highest BCUT2D eigenvalue weighted by Crippen LogP contribution is 2.04. The van der Waals surface area contributed by atoms with Gasteiger partial charge in [0.1, 0.15) is 0 Å². The maximum Gasteiger partial charge on any atom is 0.0577 e. The highest BCUT2D eigenvalue weighted by molar-refractivity contribution is 5.14. The fourth-order valence-electron chi connectivity index (χ4n) is 1.33. The molecule has 1 aromatic rings. The molecule has 2 heteroatoms. The quantitative estimate of drug-likeness (QED) is 0.753. The molecule has 0 unspecified atom stereocenters. The number of hydrogen-bond donors (Lipinski definition) is 1. The summed E-state index contributed by atoms with van der Waals surface area (Å²) in [5.41, 5.74) is 0.964. The predicted molar refractivity (Wildman–Crippen MR) is 59.1 cm³/mol. The van der Waals surface area contributed by atoms with Crippen molar-refractivity contribution < 1.29 is 10.6 Å². The molecule has 0 atom stereocenters. The first kappa shape index (κ1) is 6.59. The summed E-state index contributed by atoms with van der Waals surface area (Å²) < 4.78 is 29.5. The number of aliphatic hydroxyl groups is 1. The van der Waals surface area contributed by atoms with Gasteiger partial charge in [0.15, 0.2) is 0 Å². The van der Waals surface area contributed by atoms with E-state index in [9.17, 15) is 5.11 Å². The average molecular weight is 197 g/mol. The minimum absolute atomic E-state index is 0.0714. The second-order valence-electron chi connectivity index (χ2n) is 3.14. The summed E-state index contributed by atoms with van der Waals surface area (Å²) in [5.74, 6) is 0. The Morgan fingerprint density at radius 2 is 2.00 bits per heavy atom. The van der Waals surface area contributed by atoms with Gasteiger partial charge in [0.2, 0.25) is 0 Å². The molecular weight excluding hydrogens is 174 g/mol. The van der Waals surface area contributed by atoms with Crippen molar-refractivity contribution in [2.45, 2.75) is 19.8 Å². The van der Waals surface area contributed by atoms with Crippen molar-refractivity contribution in [2.75, 3.05) is 19.6 Å². The van der Waals surface area contributed by atoms with Gasteiger partial charge in [0.25, 0.3) is 0 Å². The van der Waals surface area contributed by atoms with Gasteiger partial charge in [-0.2, -0.15) is 0 Å². The van der Waals surface area contributed by atoms with E-state index >= 15 is 0 Å². The lowest BCUT2D eigenvalue weighted by Gasteiger charge is -2.20. The summed E-state index contributed by atoms with van der Waals surface area (Å²) >= 11 is 0. The van der Waals surface area contributed by atoms with Crippen molar-refractivity contribution in [3.05, 3.63) is 35.9 Å². The van der Waals surface area contributed by atoms with Gasteiger partial charge in [-0.15, -0.1) is 0 Å². The first-order chi connectivity index (χ1) is 8.16. The van der Waals surface area contributed by atoms with E-state index in [4.69, 9.17) is 5.48 Å². The predicted octanol–water partition coefficient (Wildman–Crippen LogP) is 1.89. The van der Waals surface area contributed by atoms with Gasteiger partial charge >= 0.3 is 0 Å². The number of rotatable bonds is 6. The largest absolute Gasteiger partial charge is 0.395 e. The first-order valence-corrected chi connectivity index (χ1v) is 4.64. The second-order valence-corrected chi connectivity index (χ2v) is 3.14. The summed E-state index contributed by atoms with van der Waals surface area (Å²) in [4.78, 5) is 1.58. The Kier molecular flexibility index (Phi) is 3.09. The van der Waals surface area contributed by atoms with Gasteiger partial charge in [0.05, 0.1) is 9.30 Å². The van der Waals surface area contributed by atoms with Gasteiger partial charge < -0.3 is 5.11 Å². The van der Waals surface area contributed by atoms with Crippen LogP contribution in [-0.2, 0) is 6.54 Å². The Balaban J connectivity index is 2.72. The lowest BCUT2D eigenvalue weighted by Crippen LogP contribution is -2.27. The van der Waals surface area contributed by atoms with Crippen LogP contribution in [0.5, 0.6) is 0 Å². The summed E-state index contributed by atoms with van der Waals surface area (Å²) in [6.45, 7) is -0.608. The molecule has 0 fully saturated rings.